The molecule has 7 aliphatic carbocycles. The molecule has 0 spiro atoms. The molecule has 4 unspecified atom stereocenters. The lowest BCUT2D eigenvalue weighted by molar-refractivity contribution is -0.220. The monoisotopic (exact) mass is 647 g/mol. The van der Waals surface area contributed by atoms with Crippen molar-refractivity contribution in [3.63, 3.8) is 0 Å². The van der Waals surface area contributed by atoms with Gasteiger partial charge in [0.05, 0.1) is 0 Å². The molecule has 0 N–H and O–H groups in total. The molecule has 3 heteroatoms. The van der Waals surface area contributed by atoms with Crippen molar-refractivity contribution in [2.24, 2.45) is 41.4 Å². The van der Waals surface area contributed by atoms with Gasteiger partial charge in [0.15, 0.2) is 17.5 Å². The van der Waals surface area contributed by atoms with Crippen molar-refractivity contribution in [1.29, 1.82) is 0 Å². The molecule has 0 radical (unpaired) electrons. The Hall–Kier alpha value is -4.89. The zero-order valence-electron chi connectivity index (χ0n) is 28.3. The number of rotatable bonds is 6. The van der Waals surface area contributed by atoms with E-state index in [9.17, 15) is 0 Å². The topological polar surface area (TPSA) is 38.7 Å². The summed E-state index contributed by atoms with van der Waals surface area (Å²) in [7, 11) is 0. The summed E-state index contributed by atoms with van der Waals surface area (Å²) < 4.78 is 0. The van der Waals surface area contributed by atoms with Crippen LogP contribution in [0.25, 0.3) is 56.4 Å². The van der Waals surface area contributed by atoms with Crippen molar-refractivity contribution in [2.75, 3.05) is 0 Å². The molecule has 5 aromatic carbocycles. The Bertz CT molecular complexity index is 2180. The summed E-state index contributed by atoms with van der Waals surface area (Å²) in [6.07, 6.45) is 8.93. The van der Waals surface area contributed by atoms with Gasteiger partial charge in [-0.2, -0.15) is 0 Å². The molecule has 0 saturated heterocycles. The van der Waals surface area contributed by atoms with E-state index in [-0.39, 0.29) is 0 Å². The van der Waals surface area contributed by atoms with Gasteiger partial charge in [-0.15, -0.1) is 0 Å². The van der Waals surface area contributed by atoms with E-state index in [0.717, 1.165) is 75.1 Å². The van der Waals surface area contributed by atoms with Gasteiger partial charge in [0, 0.05) is 22.1 Å². The Balaban J connectivity index is 1.01. The van der Waals surface area contributed by atoms with E-state index in [4.69, 9.17) is 15.0 Å². The third-order valence-electron chi connectivity index (χ3n) is 13.9. The van der Waals surface area contributed by atoms with Crippen LogP contribution in [-0.4, -0.2) is 15.0 Å². The van der Waals surface area contributed by atoms with E-state index < -0.39 is 0 Å². The van der Waals surface area contributed by atoms with Gasteiger partial charge < -0.3 is 0 Å². The minimum atomic E-state index is 0.396. The van der Waals surface area contributed by atoms with E-state index in [0.29, 0.717) is 17.1 Å². The molecule has 50 heavy (non-hydrogen) atoms. The van der Waals surface area contributed by atoms with Crippen LogP contribution >= 0.6 is 0 Å². The largest absolute Gasteiger partial charge is 0.208 e. The van der Waals surface area contributed by atoms with Crippen molar-refractivity contribution in [2.45, 2.75) is 43.9 Å². The summed E-state index contributed by atoms with van der Waals surface area (Å²) in [5, 5.41) is 0. The van der Waals surface area contributed by atoms with Crippen molar-refractivity contribution in [3.05, 3.63) is 139 Å². The van der Waals surface area contributed by atoms with Crippen molar-refractivity contribution in [1.82, 2.24) is 15.0 Å². The maximum Gasteiger partial charge on any atom is 0.164 e. The Morgan fingerprint density at radius 2 is 0.860 bits per heavy atom. The van der Waals surface area contributed by atoms with E-state index >= 15 is 0 Å². The first-order valence-corrected chi connectivity index (χ1v) is 18.9. The molecule has 244 valence electrons. The molecule has 8 bridgehead atoms. The second-order valence-corrected chi connectivity index (χ2v) is 16.1. The molecule has 0 amide bonds. The van der Waals surface area contributed by atoms with Crippen LogP contribution in [0.3, 0.4) is 0 Å². The van der Waals surface area contributed by atoms with Crippen LogP contribution < -0.4 is 0 Å². The Kier molecular flexibility index (Phi) is 6.39. The van der Waals surface area contributed by atoms with Gasteiger partial charge in [-0.1, -0.05) is 133 Å². The highest BCUT2D eigenvalue weighted by atomic mass is 15.0. The van der Waals surface area contributed by atoms with Gasteiger partial charge in [-0.25, -0.2) is 15.0 Å². The lowest BCUT2D eigenvalue weighted by atomic mass is 9.30. The van der Waals surface area contributed by atoms with E-state index in [1.165, 1.54) is 49.7 Å². The van der Waals surface area contributed by atoms with Crippen LogP contribution in [0.4, 0.5) is 0 Å². The van der Waals surface area contributed by atoms with E-state index in [1.54, 1.807) is 5.56 Å². The molecule has 3 nitrogen and oxygen atoms in total. The Morgan fingerprint density at radius 1 is 0.380 bits per heavy atom. The van der Waals surface area contributed by atoms with Gasteiger partial charge in [0.1, 0.15) is 0 Å². The second-order valence-electron chi connectivity index (χ2n) is 16.1. The summed E-state index contributed by atoms with van der Waals surface area (Å²) in [6, 6.07) is 47.8. The average Bonchev–Trinajstić information content (AvgIpc) is 3.20. The molecule has 6 aromatic rings. The number of hydrogen-bond acceptors (Lipinski definition) is 3. The number of hydrogen-bond donors (Lipinski definition) is 0. The SMILES string of the molecule is c1ccc(-c2ccc(-c3nc(-c4ccc(C56CC7CC8C9CC(CC85)CC6C9C7)cc4)nc(-c4ccccc4-c4ccccc4)n3)cc2)cc1. The molecule has 13 rings (SSSR count). The average molecular weight is 648 g/mol. The first kappa shape index (κ1) is 28.9. The first-order valence-electron chi connectivity index (χ1n) is 18.9. The molecular formula is C47H41N3. The van der Waals surface area contributed by atoms with E-state index in [1.807, 2.05) is 0 Å². The standard InChI is InChI=1S/C47H41N3/c1-3-9-31(10-4-1)32-15-17-34(18-16-32)44-48-45(50-46(49-44)38-14-8-7-13-37(38)33-11-5-2-6-12-33)35-19-21-36(22-20-35)47-28-30-24-40-39-23-29(26-42(40)47)27-43(47)41(39)25-30/h1-22,29-30,39-43H,23-28H2. The highest BCUT2D eigenvalue weighted by Gasteiger charge is 2.70. The Labute approximate surface area is 294 Å². The van der Waals surface area contributed by atoms with Gasteiger partial charge >= 0.3 is 0 Å². The highest BCUT2D eigenvalue weighted by Crippen LogP contribution is 2.76. The third kappa shape index (κ3) is 4.31. The van der Waals surface area contributed by atoms with Gasteiger partial charge in [-0.3, -0.25) is 0 Å². The van der Waals surface area contributed by atoms with Crippen molar-refractivity contribution >= 4 is 0 Å². The fourth-order valence-electron chi connectivity index (χ4n) is 12.2. The molecule has 7 saturated carbocycles. The molecule has 1 aromatic heterocycles. The maximum absolute atomic E-state index is 5.22. The van der Waals surface area contributed by atoms with Gasteiger partial charge in [-0.05, 0) is 108 Å². The molecule has 4 atom stereocenters. The molecule has 1 heterocycles. The fourth-order valence-corrected chi connectivity index (χ4v) is 12.2. The fraction of sp³-hybridized carbons (Fsp3) is 0.298. The molecule has 0 aliphatic heterocycles. The quantitative estimate of drug-likeness (QED) is 0.181. The second kappa shape index (κ2) is 11.1. The zero-order valence-corrected chi connectivity index (χ0v) is 28.3. The van der Waals surface area contributed by atoms with Crippen LogP contribution in [0.15, 0.2) is 133 Å². The zero-order chi connectivity index (χ0) is 32.8. The van der Waals surface area contributed by atoms with Crippen LogP contribution in [0.1, 0.15) is 44.1 Å². The van der Waals surface area contributed by atoms with Crippen LogP contribution in [-0.2, 0) is 5.41 Å². The smallest absolute Gasteiger partial charge is 0.164 e. The van der Waals surface area contributed by atoms with Gasteiger partial charge in [0.2, 0.25) is 0 Å². The lowest BCUT2D eigenvalue weighted by Crippen LogP contribution is -2.69. The summed E-state index contributed by atoms with van der Waals surface area (Å²) in [4.78, 5) is 15.6. The third-order valence-corrected chi connectivity index (χ3v) is 13.9. The number of benzene rings is 5. The van der Waals surface area contributed by atoms with Crippen molar-refractivity contribution in [3.8, 4) is 56.4 Å². The minimum Gasteiger partial charge on any atom is -0.208 e. The summed E-state index contributed by atoms with van der Waals surface area (Å²) in [6.45, 7) is 0. The van der Waals surface area contributed by atoms with Crippen LogP contribution in [0.2, 0.25) is 0 Å². The normalized spacial score (nSPS) is 29.8. The molecule has 7 aliphatic rings. The maximum atomic E-state index is 5.22. The van der Waals surface area contributed by atoms with Crippen molar-refractivity contribution < 1.29 is 0 Å². The molecule has 7 fully saturated rings. The summed E-state index contributed by atoms with van der Waals surface area (Å²) in [5.74, 6) is 8.85. The first-order chi connectivity index (χ1) is 24.7. The van der Waals surface area contributed by atoms with E-state index in [2.05, 4.69) is 133 Å². The predicted molar refractivity (Wildman–Crippen MR) is 201 cm³/mol. The lowest BCUT2D eigenvalue weighted by Gasteiger charge is -2.74. The minimum absolute atomic E-state index is 0.396. The number of aromatic nitrogens is 3. The predicted octanol–water partition coefficient (Wildman–Crippen LogP) is 11.2. The summed E-state index contributed by atoms with van der Waals surface area (Å²) in [5.41, 5.74) is 9.73. The van der Waals surface area contributed by atoms with Crippen LogP contribution in [0, 0.1) is 41.4 Å². The Morgan fingerprint density at radius 3 is 1.50 bits per heavy atom. The number of nitrogens with zero attached hydrogens (tertiary/aromatic N) is 3. The molecular weight excluding hydrogens is 607 g/mol. The highest BCUT2D eigenvalue weighted by molar-refractivity contribution is 5.82. The van der Waals surface area contributed by atoms with Gasteiger partial charge in [0.25, 0.3) is 0 Å². The summed E-state index contributed by atoms with van der Waals surface area (Å²) >= 11 is 0. The van der Waals surface area contributed by atoms with Crippen LogP contribution in [0.5, 0.6) is 0 Å².